The summed E-state index contributed by atoms with van der Waals surface area (Å²) in [6.45, 7) is 3.75. The minimum absolute atomic E-state index is 0.115. The highest BCUT2D eigenvalue weighted by Gasteiger charge is 2.26. The monoisotopic (exact) mass is 380 g/mol. The van der Waals surface area contributed by atoms with E-state index in [4.69, 9.17) is 11.6 Å². The van der Waals surface area contributed by atoms with E-state index < -0.39 is 10.0 Å². The van der Waals surface area contributed by atoms with Crippen LogP contribution in [-0.2, 0) is 10.0 Å². The van der Waals surface area contributed by atoms with Crippen molar-refractivity contribution >= 4 is 37.6 Å². The molecule has 1 aliphatic heterocycles. The van der Waals surface area contributed by atoms with Crippen LogP contribution in [0.1, 0.15) is 19.8 Å². The van der Waals surface area contributed by atoms with E-state index in [0.29, 0.717) is 10.4 Å². The molecular formula is C13H18BrClN2O2S. The quantitative estimate of drug-likeness (QED) is 0.843. The van der Waals surface area contributed by atoms with Gasteiger partial charge in [0.1, 0.15) is 4.90 Å². The van der Waals surface area contributed by atoms with Crippen LogP contribution >= 0.6 is 27.5 Å². The molecule has 1 fully saturated rings. The Kier molecular flexibility index (Phi) is 5.48. The van der Waals surface area contributed by atoms with Crippen LogP contribution in [0.5, 0.6) is 0 Å². The van der Waals surface area contributed by atoms with Gasteiger partial charge in [0.2, 0.25) is 10.0 Å². The Morgan fingerprint density at radius 3 is 2.90 bits per heavy atom. The van der Waals surface area contributed by atoms with Crippen molar-refractivity contribution in [1.82, 2.24) is 10.0 Å². The molecule has 1 aromatic rings. The van der Waals surface area contributed by atoms with Crippen LogP contribution in [-0.4, -0.2) is 27.5 Å². The first-order valence-electron chi connectivity index (χ1n) is 6.59. The van der Waals surface area contributed by atoms with E-state index in [-0.39, 0.29) is 16.0 Å². The van der Waals surface area contributed by atoms with Crippen LogP contribution in [0.2, 0.25) is 5.02 Å². The number of hydrogen-bond donors (Lipinski definition) is 2. The third-order valence-electron chi connectivity index (χ3n) is 3.59. The van der Waals surface area contributed by atoms with Gasteiger partial charge in [0.05, 0.1) is 5.02 Å². The minimum atomic E-state index is -3.60. The molecule has 1 saturated heterocycles. The minimum Gasteiger partial charge on any atom is -0.316 e. The van der Waals surface area contributed by atoms with E-state index in [9.17, 15) is 8.42 Å². The van der Waals surface area contributed by atoms with Crippen LogP contribution in [0.4, 0.5) is 0 Å². The van der Waals surface area contributed by atoms with Crippen molar-refractivity contribution in [2.24, 2.45) is 5.92 Å². The molecule has 7 heteroatoms. The van der Waals surface area contributed by atoms with Crippen LogP contribution in [0.15, 0.2) is 27.6 Å². The predicted octanol–water partition coefficient (Wildman–Crippen LogP) is 2.77. The average molecular weight is 382 g/mol. The molecular weight excluding hydrogens is 364 g/mol. The summed E-state index contributed by atoms with van der Waals surface area (Å²) < 4.78 is 28.2. The first-order chi connectivity index (χ1) is 9.42. The SMILES string of the molecule is CC(NS(=O)(=O)c1cccc(Br)c1Cl)C1CCCNC1. The number of nitrogens with one attached hydrogen (secondary N) is 2. The van der Waals surface area contributed by atoms with Gasteiger partial charge in [-0.1, -0.05) is 17.7 Å². The summed E-state index contributed by atoms with van der Waals surface area (Å²) in [5.74, 6) is 0.310. The Hall–Kier alpha value is -0.140. The molecule has 1 heterocycles. The van der Waals surface area contributed by atoms with Gasteiger partial charge in [-0.05, 0) is 66.8 Å². The fourth-order valence-corrected chi connectivity index (χ4v) is 4.74. The van der Waals surface area contributed by atoms with Crippen LogP contribution < -0.4 is 10.0 Å². The molecule has 4 nitrogen and oxygen atoms in total. The standard InChI is InChI=1S/C13H18BrClN2O2S/c1-9(10-4-3-7-16-8-10)17-20(18,19)12-6-2-5-11(14)13(12)15/h2,5-6,9-10,16-17H,3-4,7-8H2,1H3. The van der Waals surface area contributed by atoms with Gasteiger partial charge in [-0.15, -0.1) is 0 Å². The number of piperidine rings is 1. The number of hydrogen-bond acceptors (Lipinski definition) is 3. The van der Waals surface area contributed by atoms with Gasteiger partial charge in [0.15, 0.2) is 0 Å². The smallest absolute Gasteiger partial charge is 0.242 e. The molecule has 2 atom stereocenters. The van der Waals surface area contributed by atoms with E-state index >= 15 is 0 Å². The van der Waals surface area contributed by atoms with Crippen molar-refractivity contribution in [2.75, 3.05) is 13.1 Å². The topological polar surface area (TPSA) is 58.2 Å². The van der Waals surface area contributed by atoms with Crippen molar-refractivity contribution in [1.29, 1.82) is 0 Å². The molecule has 2 rings (SSSR count). The Bertz CT molecular complexity index is 574. The molecule has 0 aromatic heterocycles. The summed E-state index contributed by atoms with van der Waals surface area (Å²) >= 11 is 9.32. The zero-order valence-corrected chi connectivity index (χ0v) is 14.4. The third kappa shape index (κ3) is 3.74. The fourth-order valence-electron chi connectivity index (χ4n) is 2.40. The van der Waals surface area contributed by atoms with Gasteiger partial charge in [-0.3, -0.25) is 0 Å². The van der Waals surface area contributed by atoms with E-state index in [1.165, 1.54) is 6.07 Å². The van der Waals surface area contributed by atoms with Crippen molar-refractivity contribution in [2.45, 2.75) is 30.7 Å². The summed E-state index contributed by atoms with van der Waals surface area (Å²) in [6, 6.07) is 4.77. The molecule has 1 aliphatic rings. The molecule has 0 bridgehead atoms. The van der Waals surface area contributed by atoms with Gasteiger partial charge in [-0.25, -0.2) is 13.1 Å². The Morgan fingerprint density at radius 2 is 2.25 bits per heavy atom. The lowest BCUT2D eigenvalue weighted by Crippen LogP contribution is -2.44. The average Bonchev–Trinajstić information content (AvgIpc) is 2.42. The molecule has 0 saturated carbocycles. The summed E-state index contributed by atoms with van der Waals surface area (Å²) in [6.07, 6.45) is 2.11. The lowest BCUT2D eigenvalue weighted by Gasteiger charge is -2.28. The van der Waals surface area contributed by atoms with E-state index in [0.717, 1.165) is 25.9 Å². The molecule has 0 aliphatic carbocycles. The molecule has 2 N–H and O–H groups in total. The maximum Gasteiger partial charge on any atom is 0.242 e. The number of sulfonamides is 1. The Labute approximate surface area is 133 Å². The fraction of sp³-hybridized carbons (Fsp3) is 0.538. The number of halogens is 2. The zero-order chi connectivity index (χ0) is 14.8. The summed E-state index contributed by atoms with van der Waals surface area (Å²) in [5.41, 5.74) is 0. The second-order valence-electron chi connectivity index (χ2n) is 5.07. The lowest BCUT2D eigenvalue weighted by molar-refractivity contribution is 0.320. The van der Waals surface area contributed by atoms with Crippen molar-refractivity contribution < 1.29 is 8.42 Å². The van der Waals surface area contributed by atoms with Gasteiger partial charge in [-0.2, -0.15) is 0 Å². The molecule has 112 valence electrons. The third-order valence-corrected chi connectivity index (χ3v) is 6.60. The number of rotatable bonds is 4. The molecule has 0 amide bonds. The van der Waals surface area contributed by atoms with Crippen LogP contribution in [0.3, 0.4) is 0 Å². The van der Waals surface area contributed by atoms with Crippen molar-refractivity contribution in [3.63, 3.8) is 0 Å². The first kappa shape index (κ1) is 16.2. The molecule has 1 aromatic carbocycles. The molecule has 2 unspecified atom stereocenters. The first-order valence-corrected chi connectivity index (χ1v) is 9.24. The predicted molar refractivity (Wildman–Crippen MR) is 84.5 cm³/mol. The highest BCUT2D eigenvalue weighted by atomic mass is 79.9. The summed E-state index contributed by atoms with van der Waals surface area (Å²) in [7, 11) is -3.60. The van der Waals surface area contributed by atoms with E-state index in [2.05, 4.69) is 26.0 Å². The summed E-state index contributed by atoms with van der Waals surface area (Å²) in [5, 5.41) is 3.51. The lowest BCUT2D eigenvalue weighted by atomic mass is 9.94. The second kappa shape index (κ2) is 6.75. The highest BCUT2D eigenvalue weighted by molar-refractivity contribution is 9.10. The van der Waals surface area contributed by atoms with Crippen molar-refractivity contribution in [3.8, 4) is 0 Å². The van der Waals surface area contributed by atoms with Gasteiger partial charge in [0, 0.05) is 10.5 Å². The highest BCUT2D eigenvalue weighted by Crippen LogP contribution is 2.29. The zero-order valence-electron chi connectivity index (χ0n) is 11.2. The largest absolute Gasteiger partial charge is 0.316 e. The van der Waals surface area contributed by atoms with Gasteiger partial charge >= 0.3 is 0 Å². The van der Waals surface area contributed by atoms with Gasteiger partial charge in [0.25, 0.3) is 0 Å². The Morgan fingerprint density at radius 1 is 1.50 bits per heavy atom. The summed E-state index contributed by atoms with van der Waals surface area (Å²) in [4.78, 5) is 0.115. The van der Waals surface area contributed by atoms with Gasteiger partial charge < -0.3 is 5.32 Å². The maximum absolute atomic E-state index is 12.4. The van der Waals surface area contributed by atoms with Crippen molar-refractivity contribution in [3.05, 3.63) is 27.7 Å². The number of benzene rings is 1. The van der Waals surface area contributed by atoms with E-state index in [1.807, 2.05) is 6.92 Å². The van der Waals surface area contributed by atoms with Crippen LogP contribution in [0, 0.1) is 5.92 Å². The molecule has 20 heavy (non-hydrogen) atoms. The Balaban J connectivity index is 2.16. The maximum atomic E-state index is 12.4. The molecule has 0 spiro atoms. The second-order valence-corrected chi connectivity index (χ2v) is 7.98. The van der Waals surface area contributed by atoms with E-state index in [1.54, 1.807) is 12.1 Å². The molecule has 0 radical (unpaired) electrons. The normalized spacial score (nSPS) is 21.6. The van der Waals surface area contributed by atoms with Crippen LogP contribution in [0.25, 0.3) is 0 Å².